The molecule has 6 heteroatoms. The van der Waals surface area contributed by atoms with Crippen LogP contribution in [-0.2, 0) is 6.42 Å². The minimum Gasteiger partial charge on any atom is -0.368 e. The van der Waals surface area contributed by atoms with E-state index in [1.165, 1.54) is 0 Å². The molecule has 0 atom stereocenters. The Bertz CT molecular complexity index is 897. The summed E-state index contributed by atoms with van der Waals surface area (Å²) in [7, 11) is 0. The van der Waals surface area contributed by atoms with Crippen LogP contribution >= 0.6 is 0 Å². The highest BCUT2D eigenvalue weighted by atomic mass is 16.5. The largest absolute Gasteiger partial charge is 0.368 e. The van der Waals surface area contributed by atoms with Crippen LogP contribution in [0.4, 0.5) is 5.69 Å². The number of aromatic nitrogens is 2. The Morgan fingerprint density at radius 2 is 1.70 bits per heavy atom. The first kappa shape index (κ1) is 17.3. The number of benzene rings is 2. The molecular weight excluding hydrogens is 340 g/mol. The van der Waals surface area contributed by atoms with Crippen LogP contribution in [0.5, 0.6) is 0 Å². The molecule has 6 nitrogen and oxygen atoms in total. The lowest BCUT2D eigenvalue weighted by Gasteiger charge is -2.36. The number of piperazine rings is 1. The highest BCUT2D eigenvalue weighted by molar-refractivity contribution is 5.94. The van der Waals surface area contributed by atoms with Crippen LogP contribution in [0.25, 0.3) is 11.4 Å². The third kappa shape index (κ3) is 3.69. The van der Waals surface area contributed by atoms with Crippen molar-refractivity contribution in [3.05, 3.63) is 66.1 Å². The molecule has 138 valence electrons. The zero-order valence-corrected chi connectivity index (χ0v) is 15.3. The number of hydrogen-bond acceptors (Lipinski definition) is 5. The van der Waals surface area contributed by atoms with Crippen molar-refractivity contribution in [3.63, 3.8) is 0 Å². The van der Waals surface area contributed by atoms with Crippen molar-refractivity contribution in [1.29, 1.82) is 0 Å². The molecule has 0 bridgehead atoms. The van der Waals surface area contributed by atoms with Crippen molar-refractivity contribution in [1.82, 2.24) is 15.0 Å². The van der Waals surface area contributed by atoms with E-state index >= 15 is 0 Å². The monoisotopic (exact) mass is 362 g/mol. The van der Waals surface area contributed by atoms with Gasteiger partial charge in [0.25, 0.3) is 5.91 Å². The van der Waals surface area contributed by atoms with E-state index in [4.69, 9.17) is 4.52 Å². The van der Waals surface area contributed by atoms with Crippen molar-refractivity contribution in [2.24, 2.45) is 0 Å². The molecule has 0 N–H and O–H groups in total. The minimum absolute atomic E-state index is 0.106. The fourth-order valence-corrected chi connectivity index (χ4v) is 3.27. The van der Waals surface area contributed by atoms with Crippen LogP contribution in [-0.4, -0.2) is 47.1 Å². The standard InChI is InChI=1S/C21H22N4O2/c1-2-19-22-20(23-27-19)16-8-10-18(11-9-16)24-12-14-25(15-13-24)21(26)17-6-4-3-5-7-17/h3-11H,2,12-15H2,1H3. The highest BCUT2D eigenvalue weighted by Crippen LogP contribution is 2.22. The van der Waals surface area contributed by atoms with Crippen molar-refractivity contribution < 1.29 is 9.32 Å². The summed E-state index contributed by atoms with van der Waals surface area (Å²) in [6, 6.07) is 17.7. The van der Waals surface area contributed by atoms with Gasteiger partial charge in [-0.05, 0) is 36.4 Å². The lowest BCUT2D eigenvalue weighted by Crippen LogP contribution is -2.48. The van der Waals surface area contributed by atoms with E-state index in [9.17, 15) is 4.79 Å². The molecule has 1 aliphatic rings. The zero-order valence-electron chi connectivity index (χ0n) is 15.3. The van der Waals surface area contributed by atoms with Gasteiger partial charge in [-0.2, -0.15) is 4.98 Å². The summed E-state index contributed by atoms with van der Waals surface area (Å²) < 4.78 is 5.18. The predicted molar refractivity (Wildman–Crippen MR) is 104 cm³/mol. The van der Waals surface area contributed by atoms with Crippen molar-refractivity contribution in [2.75, 3.05) is 31.1 Å². The quantitative estimate of drug-likeness (QED) is 0.713. The Kier molecular flexibility index (Phi) is 4.87. The Labute approximate surface area is 158 Å². The van der Waals surface area contributed by atoms with Gasteiger partial charge in [-0.15, -0.1) is 0 Å². The molecule has 0 radical (unpaired) electrons. The van der Waals surface area contributed by atoms with Gasteiger partial charge in [0.05, 0.1) is 0 Å². The van der Waals surface area contributed by atoms with E-state index in [0.29, 0.717) is 11.7 Å². The number of carbonyl (C=O) groups is 1. The van der Waals surface area contributed by atoms with Gasteiger partial charge in [0.15, 0.2) is 0 Å². The predicted octanol–water partition coefficient (Wildman–Crippen LogP) is 3.26. The Morgan fingerprint density at radius 1 is 1.00 bits per heavy atom. The molecule has 1 saturated heterocycles. The van der Waals surface area contributed by atoms with Gasteiger partial charge in [0, 0.05) is 49.4 Å². The summed E-state index contributed by atoms with van der Waals surface area (Å²) in [6.07, 6.45) is 0.733. The van der Waals surface area contributed by atoms with Gasteiger partial charge in [0.2, 0.25) is 11.7 Å². The first-order valence-corrected chi connectivity index (χ1v) is 9.27. The number of nitrogens with zero attached hydrogens (tertiary/aromatic N) is 4. The summed E-state index contributed by atoms with van der Waals surface area (Å²) in [6.45, 7) is 5.07. The van der Waals surface area contributed by atoms with Crippen LogP contribution in [0.15, 0.2) is 59.1 Å². The Hall–Kier alpha value is -3.15. The molecule has 0 unspecified atom stereocenters. The molecule has 1 aliphatic heterocycles. The maximum Gasteiger partial charge on any atom is 0.253 e. The highest BCUT2D eigenvalue weighted by Gasteiger charge is 2.22. The molecule has 1 fully saturated rings. The van der Waals surface area contributed by atoms with Crippen molar-refractivity contribution in [2.45, 2.75) is 13.3 Å². The molecule has 2 heterocycles. The summed E-state index contributed by atoms with van der Waals surface area (Å²) in [4.78, 5) is 21.1. The van der Waals surface area contributed by atoms with Gasteiger partial charge in [0.1, 0.15) is 0 Å². The first-order valence-electron chi connectivity index (χ1n) is 9.27. The van der Waals surface area contributed by atoms with Gasteiger partial charge in [-0.3, -0.25) is 4.79 Å². The molecule has 1 amide bonds. The fourth-order valence-electron chi connectivity index (χ4n) is 3.27. The number of hydrogen-bond donors (Lipinski definition) is 0. The zero-order chi connectivity index (χ0) is 18.6. The Balaban J connectivity index is 1.39. The summed E-state index contributed by atoms with van der Waals surface area (Å²) in [5.41, 5.74) is 2.84. The van der Waals surface area contributed by atoms with E-state index in [-0.39, 0.29) is 5.91 Å². The van der Waals surface area contributed by atoms with Crippen LogP contribution in [0.2, 0.25) is 0 Å². The molecular formula is C21H22N4O2. The number of amides is 1. The normalized spacial score (nSPS) is 14.4. The second-order valence-electron chi connectivity index (χ2n) is 6.56. The first-order chi connectivity index (χ1) is 13.2. The van der Waals surface area contributed by atoms with E-state index in [1.807, 2.05) is 54.3 Å². The van der Waals surface area contributed by atoms with E-state index in [1.54, 1.807) is 0 Å². The number of rotatable bonds is 4. The molecule has 2 aromatic carbocycles. The van der Waals surface area contributed by atoms with E-state index < -0.39 is 0 Å². The van der Waals surface area contributed by atoms with E-state index in [0.717, 1.165) is 49.4 Å². The smallest absolute Gasteiger partial charge is 0.253 e. The van der Waals surface area contributed by atoms with Crippen LogP contribution in [0.1, 0.15) is 23.2 Å². The lowest BCUT2D eigenvalue weighted by molar-refractivity contribution is 0.0747. The maximum absolute atomic E-state index is 12.6. The topological polar surface area (TPSA) is 62.5 Å². The molecule has 4 rings (SSSR count). The second kappa shape index (κ2) is 7.61. The van der Waals surface area contributed by atoms with Gasteiger partial charge in [-0.25, -0.2) is 0 Å². The molecule has 0 aliphatic carbocycles. The SMILES string of the molecule is CCc1nc(-c2ccc(N3CCN(C(=O)c4ccccc4)CC3)cc2)no1. The van der Waals surface area contributed by atoms with Gasteiger partial charge < -0.3 is 14.3 Å². The molecule has 1 aromatic heterocycles. The Morgan fingerprint density at radius 3 is 2.33 bits per heavy atom. The number of aryl methyl sites for hydroxylation is 1. The lowest BCUT2D eigenvalue weighted by atomic mass is 10.1. The van der Waals surface area contributed by atoms with Gasteiger partial charge in [-0.1, -0.05) is 30.3 Å². The average molecular weight is 362 g/mol. The molecule has 0 spiro atoms. The van der Waals surface area contributed by atoms with Gasteiger partial charge >= 0.3 is 0 Å². The van der Waals surface area contributed by atoms with Crippen molar-refractivity contribution in [3.8, 4) is 11.4 Å². The van der Waals surface area contributed by atoms with E-state index in [2.05, 4.69) is 27.2 Å². The minimum atomic E-state index is 0.106. The molecule has 27 heavy (non-hydrogen) atoms. The number of carbonyl (C=O) groups excluding carboxylic acids is 1. The third-order valence-corrected chi connectivity index (χ3v) is 4.85. The van der Waals surface area contributed by atoms with Crippen molar-refractivity contribution >= 4 is 11.6 Å². The molecule has 0 saturated carbocycles. The summed E-state index contributed by atoms with van der Waals surface area (Å²) >= 11 is 0. The molecule has 3 aromatic rings. The van der Waals surface area contributed by atoms with Crippen LogP contribution < -0.4 is 4.90 Å². The van der Waals surface area contributed by atoms with Crippen LogP contribution in [0.3, 0.4) is 0 Å². The fraction of sp³-hybridized carbons (Fsp3) is 0.286. The third-order valence-electron chi connectivity index (χ3n) is 4.85. The van der Waals surface area contributed by atoms with Crippen LogP contribution in [0, 0.1) is 0 Å². The second-order valence-corrected chi connectivity index (χ2v) is 6.56. The average Bonchev–Trinajstić information content (AvgIpc) is 3.23. The number of anilines is 1. The summed E-state index contributed by atoms with van der Waals surface area (Å²) in [5.74, 6) is 1.37. The maximum atomic E-state index is 12.6. The summed E-state index contributed by atoms with van der Waals surface area (Å²) in [5, 5.41) is 4.01.